The lowest BCUT2D eigenvalue weighted by Crippen LogP contribution is -2.34. The molecule has 0 aliphatic heterocycles. The Labute approximate surface area is 173 Å². The van der Waals surface area contributed by atoms with Gasteiger partial charge in [-0.25, -0.2) is 4.98 Å². The standard InChI is InChI=1S/C21H29N3O3.ClH/c1-22-18-10-17(11-19(18)25-2)23-12-14-5-7-15(8-6-14)16-9-20(26-3)21(27-4)24-13-16;/h5-9,13,17-19,22-23H,10-12H2,1-4H3;1H/t17-,18+,19+;/m1./s1. The lowest BCUT2D eigenvalue weighted by molar-refractivity contribution is 0.0862. The number of halogens is 1. The number of nitrogens with zero attached hydrogens (tertiary/aromatic N) is 1. The Morgan fingerprint density at radius 1 is 1.04 bits per heavy atom. The van der Waals surface area contributed by atoms with E-state index < -0.39 is 0 Å². The first-order valence-electron chi connectivity index (χ1n) is 9.29. The van der Waals surface area contributed by atoms with Gasteiger partial charge in [-0.05, 0) is 37.1 Å². The van der Waals surface area contributed by atoms with Gasteiger partial charge in [0.2, 0.25) is 0 Å². The van der Waals surface area contributed by atoms with Crippen molar-refractivity contribution < 1.29 is 14.2 Å². The van der Waals surface area contributed by atoms with Crippen LogP contribution in [0.4, 0.5) is 0 Å². The second-order valence-corrected chi connectivity index (χ2v) is 6.85. The third-order valence-corrected chi connectivity index (χ3v) is 5.29. The molecule has 1 fully saturated rings. The van der Waals surface area contributed by atoms with Crippen LogP contribution in [0.15, 0.2) is 36.5 Å². The summed E-state index contributed by atoms with van der Waals surface area (Å²) in [6, 6.07) is 11.4. The highest BCUT2D eigenvalue weighted by molar-refractivity contribution is 5.85. The number of nitrogens with one attached hydrogen (secondary N) is 2. The normalized spacial score (nSPS) is 21.2. The molecule has 1 saturated carbocycles. The van der Waals surface area contributed by atoms with E-state index in [-0.39, 0.29) is 18.5 Å². The maximum atomic E-state index is 5.57. The fraction of sp³-hybridized carbons (Fsp3) is 0.476. The van der Waals surface area contributed by atoms with Crippen molar-refractivity contribution in [2.75, 3.05) is 28.4 Å². The molecule has 3 rings (SSSR count). The number of benzene rings is 1. The first kappa shape index (κ1) is 22.4. The van der Waals surface area contributed by atoms with Crippen molar-refractivity contribution in [3.63, 3.8) is 0 Å². The average Bonchev–Trinajstić information content (AvgIpc) is 3.14. The zero-order valence-electron chi connectivity index (χ0n) is 16.9. The van der Waals surface area contributed by atoms with Crippen LogP contribution in [-0.2, 0) is 11.3 Å². The van der Waals surface area contributed by atoms with E-state index in [1.54, 1.807) is 27.5 Å². The van der Waals surface area contributed by atoms with E-state index >= 15 is 0 Å². The second kappa shape index (κ2) is 10.6. The average molecular weight is 408 g/mol. The summed E-state index contributed by atoms with van der Waals surface area (Å²) >= 11 is 0. The molecule has 1 aromatic heterocycles. The molecule has 1 aliphatic rings. The first-order chi connectivity index (χ1) is 13.2. The van der Waals surface area contributed by atoms with Gasteiger partial charge in [-0.15, -0.1) is 12.4 Å². The van der Waals surface area contributed by atoms with Gasteiger partial charge in [-0.2, -0.15) is 0 Å². The number of likely N-dealkylation sites (N-methyl/N-ethyl adjacent to an activating group) is 1. The maximum Gasteiger partial charge on any atom is 0.256 e. The van der Waals surface area contributed by atoms with Crippen LogP contribution < -0.4 is 20.1 Å². The largest absolute Gasteiger partial charge is 0.491 e. The molecule has 154 valence electrons. The maximum absolute atomic E-state index is 5.57. The number of rotatable bonds is 8. The molecule has 0 saturated heterocycles. The van der Waals surface area contributed by atoms with Crippen molar-refractivity contribution in [3.8, 4) is 22.8 Å². The van der Waals surface area contributed by atoms with Crippen molar-refractivity contribution in [1.29, 1.82) is 0 Å². The zero-order valence-corrected chi connectivity index (χ0v) is 17.7. The van der Waals surface area contributed by atoms with Gasteiger partial charge in [-0.3, -0.25) is 0 Å². The number of hydrogen-bond donors (Lipinski definition) is 2. The van der Waals surface area contributed by atoms with Gasteiger partial charge in [0.05, 0.1) is 20.3 Å². The molecule has 6 nitrogen and oxygen atoms in total. The summed E-state index contributed by atoms with van der Waals surface area (Å²) in [5.41, 5.74) is 3.36. The molecule has 2 aromatic rings. The van der Waals surface area contributed by atoms with Gasteiger partial charge in [-0.1, -0.05) is 24.3 Å². The Balaban J connectivity index is 0.00000280. The van der Waals surface area contributed by atoms with Gasteiger partial charge in [0.15, 0.2) is 5.75 Å². The lowest BCUT2D eigenvalue weighted by Gasteiger charge is -2.15. The number of aromatic nitrogens is 1. The summed E-state index contributed by atoms with van der Waals surface area (Å²) in [5.74, 6) is 1.13. The number of methoxy groups -OCH3 is 3. The fourth-order valence-corrected chi connectivity index (χ4v) is 3.70. The Morgan fingerprint density at radius 2 is 1.79 bits per heavy atom. The third kappa shape index (κ3) is 5.14. The summed E-state index contributed by atoms with van der Waals surface area (Å²) in [5, 5.41) is 7.00. The molecule has 1 aromatic carbocycles. The summed E-state index contributed by atoms with van der Waals surface area (Å²) in [7, 11) is 7.00. The summed E-state index contributed by atoms with van der Waals surface area (Å²) < 4.78 is 16.1. The summed E-state index contributed by atoms with van der Waals surface area (Å²) in [6.07, 6.45) is 4.21. The monoisotopic (exact) mass is 407 g/mol. The topological polar surface area (TPSA) is 64.6 Å². The third-order valence-electron chi connectivity index (χ3n) is 5.29. The van der Waals surface area contributed by atoms with Crippen molar-refractivity contribution in [3.05, 3.63) is 42.1 Å². The number of pyridine rings is 1. The SMILES string of the molecule is CN[C@H]1C[C@@H](NCc2ccc(-c3cnc(OC)c(OC)c3)cc2)C[C@@H]1OC.Cl. The molecule has 1 heterocycles. The molecule has 7 heteroatoms. The van der Waals surface area contributed by atoms with Crippen molar-refractivity contribution in [2.24, 2.45) is 0 Å². The minimum Gasteiger partial charge on any atom is -0.491 e. The molecule has 1 aliphatic carbocycles. The molecular formula is C21H30ClN3O3. The number of hydrogen-bond acceptors (Lipinski definition) is 6. The van der Waals surface area contributed by atoms with Crippen LogP contribution in [0.5, 0.6) is 11.6 Å². The quantitative estimate of drug-likeness (QED) is 0.701. The van der Waals surface area contributed by atoms with Gasteiger partial charge >= 0.3 is 0 Å². The molecule has 0 amide bonds. The number of ether oxygens (including phenoxy) is 3. The predicted molar refractivity (Wildman–Crippen MR) is 114 cm³/mol. The smallest absolute Gasteiger partial charge is 0.256 e. The summed E-state index contributed by atoms with van der Waals surface area (Å²) in [4.78, 5) is 4.31. The first-order valence-corrected chi connectivity index (χ1v) is 9.29. The molecule has 0 spiro atoms. The molecular weight excluding hydrogens is 378 g/mol. The predicted octanol–water partition coefficient (Wildman–Crippen LogP) is 3.04. The van der Waals surface area contributed by atoms with E-state index in [1.807, 2.05) is 13.1 Å². The highest BCUT2D eigenvalue weighted by Crippen LogP contribution is 2.30. The van der Waals surface area contributed by atoms with E-state index in [9.17, 15) is 0 Å². The second-order valence-electron chi connectivity index (χ2n) is 6.85. The van der Waals surface area contributed by atoms with Crippen LogP contribution in [-0.4, -0.2) is 51.5 Å². The van der Waals surface area contributed by atoms with E-state index in [4.69, 9.17) is 14.2 Å². The molecule has 28 heavy (non-hydrogen) atoms. The van der Waals surface area contributed by atoms with Crippen LogP contribution in [0.3, 0.4) is 0 Å². The van der Waals surface area contributed by atoms with Crippen LogP contribution in [0, 0.1) is 0 Å². The Kier molecular flexibility index (Phi) is 8.51. The van der Waals surface area contributed by atoms with Gasteiger partial charge < -0.3 is 24.8 Å². The molecule has 2 N–H and O–H groups in total. The summed E-state index contributed by atoms with van der Waals surface area (Å²) in [6.45, 7) is 0.849. The Hall–Kier alpha value is -1.86. The Bertz CT molecular complexity index is 730. The highest BCUT2D eigenvalue weighted by atomic mass is 35.5. The van der Waals surface area contributed by atoms with Crippen LogP contribution in [0.1, 0.15) is 18.4 Å². The molecule has 0 bridgehead atoms. The van der Waals surface area contributed by atoms with E-state index in [1.165, 1.54) is 5.56 Å². The van der Waals surface area contributed by atoms with E-state index in [0.717, 1.165) is 30.5 Å². The zero-order chi connectivity index (χ0) is 19.2. The molecule has 0 radical (unpaired) electrons. The van der Waals surface area contributed by atoms with Crippen molar-refractivity contribution in [2.45, 2.75) is 37.6 Å². The fourth-order valence-electron chi connectivity index (χ4n) is 3.70. The van der Waals surface area contributed by atoms with E-state index in [2.05, 4.69) is 39.9 Å². The molecule has 3 atom stereocenters. The highest BCUT2D eigenvalue weighted by Gasteiger charge is 2.32. The van der Waals surface area contributed by atoms with Gasteiger partial charge in [0.1, 0.15) is 0 Å². The van der Waals surface area contributed by atoms with Crippen LogP contribution in [0.2, 0.25) is 0 Å². The van der Waals surface area contributed by atoms with E-state index in [0.29, 0.717) is 23.7 Å². The Morgan fingerprint density at radius 3 is 2.36 bits per heavy atom. The lowest BCUT2D eigenvalue weighted by atomic mass is 10.1. The molecule has 0 unspecified atom stereocenters. The minimum absolute atomic E-state index is 0. The van der Waals surface area contributed by atoms with Gasteiger partial charge in [0, 0.05) is 37.5 Å². The van der Waals surface area contributed by atoms with Gasteiger partial charge in [0.25, 0.3) is 5.88 Å². The van der Waals surface area contributed by atoms with Crippen molar-refractivity contribution >= 4 is 12.4 Å². The van der Waals surface area contributed by atoms with Crippen LogP contribution in [0.25, 0.3) is 11.1 Å². The minimum atomic E-state index is 0. The van der Waals surface area contributed by atoms with Crippen LogP contribution >= 0.6 is 12.4 Å². The van der Waals surface area contributed by atoms with Crippen molar-refractivity contribution in [1.82, 2.24) is 15.6 Å².